The van der Waals surface area contributed by atoms with E-state index in [2.05, 4.69) is 12.2 Å². The number of carbonyl (C=O) groups is 3. The van der Waals surface area contributed by atoms with Crippen molar-refractivity contribution >= 4 is 23.4 Å². The van der Waals surface area contributed by atoms with Gasteiger partial charge in [-0.3, -0.25) is 14.4 Å². The third kappa shape index (κ3) is 2.12. The minimum atomic E-state index is -0.613. The summed E-state index contributed by atoms with van der Waals surface area (Å²) in [6, 6.07) is 4.20. The number of nitrogens with one attached hydrogen (secondary N) is 1. The first-order valence-electron chi connectivity index (χ1n) is 7.05. The average Bonchev–Trinajstić information content (AvgIpc) is 2.71. The fourth-order valence-electron chi connectivity index (χ4n) is 2.96. The molecular formula is C15H17N3O3. The van der Waals surface area contributed by atoms with Gasteiger partial charge in [0.05, 0.1) is 17.2 Å². The van der Waals surface area contributed by atoms with Crippen molar-refractivity contribution in [3.63, 3.8) is 0 Å². The number of anilines is 1. The lowest BCUT2D eigenvalue weighted by molar-refractivity contribution is -0.129. The van der Waals surface area contributed by atoms with Crippen LogP contribution in [0.1, 0.15) is 40.5 Å². The second kappa shape index (κ2) is 4.96. The van der Waals surface area contributed by atoms with Crippen LogP contribution in [0.15, 0.2) is 18.2 Å². The van der Waals surface area contributed by atoms with Gasteiger partial charge in [0.25, 0.3) is 17.7 Å². The molecule has 3 rings (SSSR count). The van der Waals surface area contributed by atoms with Crippen molar-refractivity contribution in [3.8, 4) is 0 Å². The third-order valence-corrected chi connectivity index (χ3v) is 4.13. The SMILES string of the molecule is CC1CCNC(C(=O)N2C(=O)c3cccc(N)c3C2=O)C1. The van der Waals surface area contributed by atoms with E-state index in [1.165, 1.54) is 6.07 Å². The van der Waals surface area contributed by atoms with Crippen LogP contribution >= 0.6 is 0 Å². The number of nitrogens with zero attached hydrogens (tertiary/aromatic N) is 1. The number of piperidine rings is 1. The number of hydrogen-bond acceptors (Lipinski definition) is 5. The Labute approximate surface area is 122 Å². The molecule has 2 heterocycles. The molecule has 3 N–H and O–H groups in total. The van der Waals surface area contributed by atoms with Gasteiger partial charge in [-0.05, 0) is 37.4 Å². The molecule has 0 radical (unpaired) electrons. The van der Waals surface area contributed by atoms with E-state index in [9.17, 15) is 14.4 Å². The fourth-order valence-corrected chi connectivity index (χ4v) is 2.96. The number of nitrogens with two attached hydrogens (primary N) is 1. The first-order chi connectivity index (χ1) is 10.0. The van der Waals surface area contributed by atoms with Crippen LogP contribution in [0.4, 0.5) is 5.69 Å². The van der Waals surface area contributed by atoms with E-state index in [4.69, 9.17) is 5.73 Å². The van der Waals surface area contributed by atoms with Crippen LogP contribution in [0.5, 0.6) is 0 Å². The summed E-state index contributed by atoms with van der Waals surface area (Å²) in [7, 11) is 0. The Bertz CT molecular complexity index is 641. The zero-order chi connectivity index (χ0) is 15.1. The predicted molar refractivity (Wildman–Crippen MR) is 76.6 cm³/mol. The molecule has 1 aromatic carbocycles. The highest BCUT2D eigenvalue weighted by Gasteiger charge is 2.43. The van der Waals surface area contributed by atoms with E-state index < -0.39 is 23.8 Å². The Morgan fingerprint density at radius 2 is 2.10 bits per heavy atom. The number of fused-ring (bicyclic) bond motifs is 1. The molecule has 2 atom stereocenters. The van der Waals surface area contributed by atoms with Crippen LogP contribution in [0, 0.1) is 5.92 Å². The molecule has 6 heteroatoms. The van der Waals surface area contributed by atoms with Crippen LogP contribution in [0.3, 0.4) is 0 Å². The number of benzene rings is 1. The first-order valence-corrected chi connectivity index (χ1v) is 7.05. The van der Waals surface area contributed by atoms with Crippen molar-refractivity contribution < 1.29 is 14.4 Å². The van der Waals surface area contributed by atoms with Crippen LogP contribution in [-0.4, -0.2) is 35.2 Å². The quantitative estimate of drug-likeness (QED) is 0.588. The maximum Gasteiger partial charge on any atom is 0.270 e. The standard InChI is InChI=1S/C15H17N3O3/c1-8-5-6-17-11(7-8)14(20)18-13(19)9-3-2-4-10(16)12(9)15(18)21/h2-4,8,11,17H,5-7,16H2,1H3. The number of imide groups is 3. The fraction of sp³-hybridized carbons (Fsp3) is 0.400. The van der Waals surface area contributed by atoms with E-state index in [0.717, 1.165) is 11.3 Å². The van der Waals surface area contributed by atoms with Crippen molar-refractivity contribution in [3.05, 3.63) is 29.3 Å². The molecule has 0 aliphatic carbocycles. The molecule has 0 bridgehead atoms. The maximum atomic E-state index is 12.5. The molecular weight excluding hydrogens is 270 g/mol. The highest BCUT2D eigenvalue weighted by atomic mass is 16.2. The molecule has 1 aromatic rings. The van der Waals surface area contributed by atoms with Gasteiger partial charge in [0, 0.05) is 5.69 Å². The highest BCUT2D eigenvalue weighted by Crippen LogP contribution is 2.29. The van der Waals surface area contributed by atoms with Crippen molar-refractivity contribution in [2.24, 2.45) is 5.92 Å². The van der Waals surface area contributed by atoms with Gasteiger partial charge in [-0.15, -0.1) is 0 Å². The van der Waals surface area contributed by atoms with Crippen LogP contribution in [-0.2, 0) is 4.79 Å². The van der Waals surface area contributed by atoms with E-state index in [1.807, 2.05) is 0 Å². The number of amides is 3. The average molecular weight is 287 g/mol. The lowest BCUT2D eigenvalue weighted by atomic mass is 9.93. The van der Waals surface area contributed by atoms with Crippen LogP contribution in [0.25, 0.3) is 0 Å². The lowest BCUT2D eigenvalue weighted by Gasteiger charge is -2.29. The second-order valence-corrected chi connectivity index (χ2v) is 5.69. The van der Waals surface area contributed by atoms with Gasteiger partial charge < -0.3 is 11.1 Å². The van der Waals surface area contributed by atoms with Gasteiger partial charge in [-0.1, -0.05) is 13.0 Å². The summed E-state index contributed by atoms with van der Waals surface area (Å²) in [5.41, 5.74) is 6.33. The Morgan fingerprint density at radius 1 is 1.33 bits per heavy atom. The van der Waals surface area contributed by atoms with Gasteiger partial charge in [0.15, 0.2) is 0 Å². The Hall–Kier alpha value is -2.21. The van der Waals surface area contributed by atoms with E-state index in [1.54, 1.807) is 12.1 Å². The molecule has 6 nitrogen and oxygen atoms in total. The van der Waals surface area contributed by atoms with Crippen molar-refractivity contribution in [2.75, 3.05) is 12.3 Å². The topological polar surface area (TPSA) is 92.5 Å². The van der Waals surface area contributed by atoms with Gasteiger partial charge >= 0.3 is 0 Å². The molecule has 110 valence electrons. The molecule has 0 aromatic heterocycles. The van der Waals surface area contributed by atoms with Crippen molar-refractivity contribution in [1.82, 2.24) is 10.2 Å². The summed E-state index contributed by atoms with van der Waals surface area (Å²) in [4.78, 5) is 38.0. The highest BCUT2D eigenvalue weighted by molar-refractivity contribution is 6.31. The summed E-state index contributed by atoms with van der Waals surface area (Å²) in [6.07, 6.45) is 1.61. The number of rotatable bonds is 1. The molecule has 2 aliphatic rings. The summed E-state index contributed by atoms with van der Waals surface area (Å²) >= 11 is 0. The predicted octanol–water partition coefficient (Wildman–Crippen LogP) is 0.779. The molecule has 1 fully saturated rings. The zero-order valence-electron chi connectivity index (χ0n) is 11.8. The number of nitrogen functional groups attached to an aromatic ring is 1. The van der Waals surface area contributed by atoms with Crippen molar-refractivity contribution in [1.29, 1.82) is 0 Å². The number of carbonyl (C=O) groups excluding carboxylic acids is 3. The normalized spacial score (nSPS) is 25.1. The van der Waals surface area contributed by atoms with Crippen molar-refractivity contribution in [2.45, 2.75) is 25.8 Å². The lowest BCUT2D eigenvalue weighted by Crippen LogP contribution is -2.51. The Kier molecular flexibility index (Phi) is 3.25. The molecule has 3 amide bonds. The van der Waals surface area contributed by atoms with E-state index in [0.29, 0.717) is 18.9 Å². The molecule has 0 saturated carbocycles. The van der Waals surface area contributed by atoms with E-state index in [-0.39, 0.29) is 16.8 Å². The van der Waals surface area contributed by atoms with E-state index >= 15 is 0 Å². The van der Waals surface area contributed by atoms with Gasteiger partial charge in [-0.2, -0.15) is 0 Å². The third-order valence-electron chi connectivity index (χ3n) is 4.13. The van der Waals surface area contributed by atoms with Gasteiger partial charge in [0.1, 0.15) is 0 Å². The molecule has 21 heavy (non-hydrogen) atoms. The zero-order valence-corrected chi connectivity index (χ0v) is 11.8. The van der Waals surface area contributed by atoms with Crippen LogP contribution in [0.2, 0.25) is 0 Å². The monoisotopic (exact) mass is 287 g/mol. The molecule has 0 spiro atoms. The maximum absolute atomic E-state index is 12.5. The van der Waals surface area contributed by atoms with Gasteiger partial charge in [0.2, 0.25) is 0 Å². The summed E-state index contributed by atoms with van der Waals surface area (Å²) in [5, 5.41) is 3.08. The molecule has 1 saturated heterocycles. The van der Waals surface area contributed by atoms with Gasteiger partial charge in [-0.25, -0.2) is 4.90 Å². The summed E-state index contributed by atoms with van der Waals surface area (Å²) in [6.45, 7) is 2.77. The molecule has 2 aliphatic heterocycles. The largest absolute Gasteiger partial charge is 0.398 e. The minimum Gasteiger partial charge on any atom is -0.398 e. The number of hydrogen-bond donors (Lipinski definition) is 2. The van der Waals surface area contributed by atoms with Crippen LogP contribution < -0.4 is 11.1 Å². The Morgan fingerprint density at radius 3 is 2.76 bits per heavy atom. The minimum absolute atomic E-state index is 0.139. The second-order valence-electron chi connectivity index (χ2n) is 5.69. The Balaban J connectivity index is 1.91. The first kappa shape index (κ1) is 13.8. The molecule has 2 unspecified atom stereocenters. The smallest absolute Gasteiger partial charge is 0.270 e. The summed E-state index contributed by atoms with van der Waals surface area (Å²) in [5.74, 6) is -1.28. The summed E-state index contributed by atoms with van der Waals surface area (Å²) < 4.78 is 0.